The Kier molecular flexibility index (Phi) is 24.3. The van der Waals surface area contributed by atoms with Gasteiger partial charge in [0.05, 0.1) is 0 Å². The van der Waals surface area contributed by atoms with E-state index in [2.05, 4.69) is 0 Å². The molecule has 0 aromatic rings. The molecule has 0 aromatic heterocycles. The van der Waals surface area contributed by atoms with E-state index in [1.165, 1.54) is 0 Å². The molecule has 0 unspecified atom stereocenters. The van der Waals surface area contributed by atoms with Crippen LogP contribution in [-0.2, 0) is 0 Å². The van der Waals surface area contributed by atoms with Crippen LogP contribution in [0.2, 0.25) is 0 Å². The summed E-state index contributed by atoms with van der Waals surface area (Å²) in [6.07, 6.45) is -2.08. The first kappa shape index (κ1) is 16.1. The van der Waals surface area contributed by atoms with Gasteiger partial charge in [-0.3, -0.25) is 0 Å². The number of carboxylic acid groups (broad SMARTS) is 2. The molecule has 0 amide bonds. The average Bonchev–Trinajstić information content (AvgIpc) is 0.811. The Morgan fingerprint density at radius 2 is 1.67 bits per heavy atom. The molecule has 0 aliphatic carbocycles. The molecule has 0 rings (SSSR count). The molecule has 1 radical (unpaired) electrons. The van der Waals surface area contributed by atoms with Crippen LogP contribution in [0.15, 0.2) is 0 Å². The molecule has 6 heavy (non-hydrogen) atoms. The zero-order valence-corrected chi connectivity index (χ0v) is 4.50. The van der Waals surface area contributed by atoms with Crippen molar-refractivity contribution in [2.24, 2.45) is 0 Å². The van der Waals surface area contributed by atoms with Crippen molar-refractivity contribution in [1.82, 2.24) is 0 Å². The summed E-state index contributed by atoms with van der Waals surface area (Å²) in [5, 5.41) is 15.3. The van der Waals surface area contributed by atoms with Gasteiger partial charge in [0.1, 0.15) is 0 Å². The molecular weight excluding hydrogens is 241 g/mol. The van der Waals surface area contributed by atoms with E-state index in [0.29, 0.717) is 0 Å². The molecular formula is CH3HoO4-. The van der Waals surface area contributed by atoms with Crippen molar-refractivity contribution in [3.8, 4) is 0 Å². The summed E-state index contributed by atoms with van der Waals surface area (Å²) in [4.78, 5) is 8.44. The van der Waals surface area contributed by atoms with Gasteiger partial charge in [0.25, 0.3) is 0 Å². The second kappa shape index (κ2) is 9.09. The van der Waals surface area contributed by atoms with Crippen LogP contribution in [0, 0.1) is 37.7 Å². The zero-order chi connectivity index (χ0) is 3.58. The van der Waals surface area contributed by atoms with E-state index in [4.69, 9.17) is 15.0 Å². The maximum absolute atomic E-state index is 8.44. The van der Waals surface area contributed by atoms with E-state index < -0.39 is 6.16 Å². The van der Waals surface area contributed by atoms with Crippen LogP contribution in [0.3, 0.4) is 0 Å². The predicted molar refractivity (Wildman–Crippen MR) is 11.6 cm³/mol. The standard InChI is InChI=1S/CH2O3.Ho.H2O/c2-1(3)4;;/h(H2,2,3,4);;1H2/p-1. The fourth-order valence-electron chi connectivity index (χ4n) is 0. The molecule has 0 heterocycles. The molecule has 0 saturated heterocycles. The zero-order valence-electron chi connectivity index (χ0n) is 2.57. The minimum Gasteiger partial charge on any atom is -0.565 e. The Morgan fingerprint density at radius 1 is 1.67 bits per heavy atom. The van der Waals surface area contributed by atoms with Crippen LogP contribution in [0.5, 0.6) is 0 Å². The molecule has 5 heteroatoms. The largest absolute Gasteiger partial charge is 0.565 e. The molecule has 0 aromatic carbocycles. The average molecular weight is 244 g/mol. The van der Waals surface area contributed by atoms with Crippen LogP contribution in [-0.4, -0.2) is 16.7 Å². The van der Waals surface area contributed by atoms with Gasteiger partial charge < -0.3 is 20.5 Å². The van der Waals surface area contributed by atoms with E-state index >= 15 is 0 Å². The molecule has 43 valence electrons. The minimum atomic E-state index is -2.08. The summed E-state index contributed by atoms with van der Waals surface area (Å²) in [6, 6.07) is 0. The van der Waals surface area contributed by atoms with Crippen molar-refractivity contribution in [2.45, 2.75) is 0 Å². The Bertz CT molecular complexity index is 30.5. The molecule has 3 N–H and O–H groups in total. The first-order valence-electron chi connectivity index (χ1n) is 0.632. The third kappa shape index (κ3) is 228. The Hall–Kier alpha value is 0.490. The molecule has 0 atom stereocenters. The van der Waals surface area contributed by atoms with Gasteiger partial charge >= 0.3 is 0 Å². The van der Waals surface area contributed by atoms with E-state index in [1.807, 2.05) is 0 Å². The van der Waals surface area contributed by atoms with E-state index in [0.717, 1.165) is 0 Å². The van der Waals surface area contributed by atoms with Crippen LogP contribution < -0.4 is 5.11 Å². The van der Waals surface area contributed by atoms with Crippen LogP contribution in [0.1, 0.15) is 0 Å². The third-order valence-corrected chi connectivity index (χ3v) is 0. The summed E-state index contributed by atoms with van der Waals surface area (Å²) in [6.45, 7) is 0. The van der Waals surface area contributed by atoms with E-state index in [-0.39, 0.29) is 43.2 Å². The maximum atomic E-state index is 8.44. The molecule has 0 spiro atoms. The van der Waals surface area contributed by atoms with Crippen LogP contribution in [0.25, 0.3) is 0 Å². The topological polar surface area (TPSA) is 91.9 Å². The van der Waals surface area contributed by atoms with Crippen molar-refractivity contribution in [3.05, 3.63) is 0 Å². The number of rotatable bonds is 0. The Balaban J connectivity index is -0.0000000450. The first-order valence-corrected chi connectivity index (χ1v) is 0.632. The second-order valence-electron chi connectivity index (χ2n) is 0.266. The van der Waals surface area contributed by atoms with Crippen LogP contribution in [0.4, 0.5) is 4.79 Å². The van der Waals surface area contributed by atoms with Crippen molar-refractivity contribution in [3.63, 3.8) is 0 Å². The number of hydrogen-bond donors (Lipinski definition) is 1. The molecule has 0 aliphatic heterocycles. The second-order valence-corrected chi connectivity index (χ2v) is 0.266. The summed E-state index contributed by atoms with van der Waals surface area (Å²) >= 11 is 0. The molecule has 0 aliphatic rings. The molecule has 0 fully saturated rings. The quantitative estimate of drug-likeness (QED) is 0.502. The SMILES string of the molecule is O.O=C([O-])O.[Ho]. The van der Waals surface area contributed by atoms with Crippen molar-refractivity contribution in [2.75, 3.05) is 0 Å². The summed E-state index contributed by atoms with van der Waals surface area (Å²) in [5.41, 5.74) is 0. The van der Waals surface area contributed by atoms with Crippen molar-refractivity contribution in [1.29, 1.82) is 0 Å². The monoisotopic (exact) mass is 244 g/mol. The summed E-state index contributed by atoms with van der Waals surface area (Å²) in [5.74, 6) is 0. The van der Waals surface area contributed by atoms with Crippen molar-refractivity contribution < 1.29 is 58.2 Å². The van der Waals surface area contributed by atoms with E-state index in [1.54, 1.807) is 0 Å². The first-order chi connectivity index (χ1) is 1.73. The van der Waals surface area contributed by atoms with Crippen LogP contribution >= 0.6 is 0 Å². The number of carbonyl (C=O) groups is 1. The Morgan fingerprint density at radius 3 is 1.67 bits per heavy atom. The van der Waals surface area contributed by atoms with Crippen molar-refractivity contribution >= 4 is 6.16 Å². The Labute approximate surface area is 64.1 Å². The third-order valence-electron chi connectivity index (χ3n) is 0. The predicted octanol–water partition coefficient (Wildman–Crippen LogP) is -1.94. The minimum absolute atomic E-state index is 0. The van der Waals surface area contributed by atoms with Gasteiger partial charge in [-0.1, -0.05) is 0 Å². The fourth-order valence-corrected chi connectivity index (χ4v) is 0. The fraction of sp³-hybridized carbons (Fsp3) is 0. The maximum Gasteiger partial charge on any atom is 0.249 e. The van der Waals surface area contributed by atoms with Gasteiger partial charge in [0, 0.05) is 37.7 Å². The molecule has 4 nitrogen and oxygen atoms in total. The smallest absolute Gasteiger partial charge is 0.249 e. The van der Waals surface area contributed by atoms with Gasteiger partial charge in [-0.05, 0) is 0 Å². The van der Waals surface area contributed by atoms with Gasteiger partial charge in [-0.2, -0.15) is 0 Å². The molecule has 0 saturated carbocycles. The summed E-state index contributed by atoms with van der Waals surface area (Å²) in [7, 11) is 0. The molecule has 0 bridgehead atoms. The van der Waals surface area contributed by atoms with Gasteiger partial charge in [0.15, 0.2) is 0 Å². The van der Waals surface area contributed by atoms with Gasteiger partial charge in [-0.15, -0.1) is 0 Å². The normalized spacial score (nSPS) is 4.00. The number of hydrogen-bond acceptors (Lipinski definition) is 2. The summed E-state index contributed by atoms with van der Waals surface area (Å²) < 4.78 is 0. The van der Waals surface area contributed by atoms with E-state index in [9.17, 15) is 0 Å². The van der Waals surface area contributed by atoms with Gasteiger partial charge in [-0.25, -0.2) is 0 Å². The van der Waals surface area contributed by atoms with Gasteiger partial charge in [0.2, 0.25) is 6.16 Å².